The maximum atomic E-state index is 12.7. The summed E-state index contributed by atoms with van der Waals surface area (Å²) in [5, 5.41) is 3.03. The molecule has 0 radical (unpaired) electrons. The largest absolute Gasteiger partial charge is 0.449 e. The third-order valence-electron chi connectivity index (χ3n) is 5.37. The van der Waals surface area contributed by atoms with Gasteiger partial charge in [0.15, 0.2) is 6.10 Å². The van der Waals surface area contributed by atoms with Crippen molar-refractivity contribution in [2.75, 3.05) is 0 Å². The van der Waals surface area contributed by atoms with Gasteiger partial charge >= 0.3 is 5.97 Å². The van der Waals surface area contributed by atoms with E-state index >= 15 is 0 Å². The molecule has 2 atom stereocenters. The summed E-state index contributed by atoms with van der Waals surface area (Å²) < 4.78 is 7.70. The lowest BCUT2D eigenvalue weighted by atomic mass is 10.0. The lowest BCUT2D eigenvalue weighted by Gasteiger charge is -2.21. The van der Waals surface area contributed by atoms with Crippen molar-refractivity contribution in [3.63, 3.8) is 0 Å². The number of nitrogens with zero attached hydrogens (tertiary/aromatic N) is 1. The Morgan fingerprint density at radius 2 is 1.89 bits per heavy atom. The Morgan fingerprint density at radius 3 is 2.50 bits per heavy atom. The maximum absolute atomic E-state index is 12.7. The van der Waals surface area contributed by atoms with Crippen LogP contribution in [0.2, 0.25) is 0 Å². The molecule has 1 aliphatic carbocycles. The highest BCUT2D eigenvalue weighted by Gasteiger charge is 2.30. The SMILES string of the molecule is CCC[C@H](NC(=O)[C@H](C)OC(=O)c1cc(C)n(C2CC2)c1C)c1ccccc1. The van der Waals surface area contributed by atoms with Crippen molar-refractivity contribution in [1.82, 2.24) is 9.88 Å². The first-order valence-corrected chi connectivity index (χ1v) is 10.2. The average molecular weight is 383 g/mol. The van der Waals surface area contributed by atoms with E-state index in [4.69, 9.17) is 4.74 Å². The van der Waals surface area contributed by atoms with Crippen LogP contribution >= 0.6 is 0 Å². The summed E-state index contributed by atoms with van der Waals surface area (Å²) in [6.07, 6.45) is 3.24. The van der Waals surface area contributed by atoms with E-state index in [0.29, 0.717) is 11.6 Å². The van der Waals surface area contributed by atoms with Gasteiger partial charge in [0.2, 0.25) is 0 Å². The van der Waals surface area contributed by atoms with E-state index < -0.39 is 12.1 Å². The second kappa shape index (κ2) is 8.63. The van der Waals surface area contributed by atoms with Gasteiger partial charge in [-0.25, -0.2) is 4.79 Å². The van der Waals surface area contributed by atoms with Crippen LogP contribution in [-0.2, 0) is 9.53 Å². The molecular formula is C23H30N2O3. The van der Waals surface area contributed by atoms with Crippen LogP contribution in [0, 0.1) is 13.8 Å². The molecule has 1 saturated carbocycles. The highest BCUT2D eigenvalue weighted by atomic mass is 16.5. The minimum Gasteiger partial charge on any atom is -0.449 e. The molecule has 1 aromatic carbocycles. The zero-order chi connectivity index (χ0) is 20.3. The summed E-state index contributed by atoms with van der Waals surface area (Å²) in [5.74, 6) is -0.707. The first kappa shape index (κ1) is 20.2. The molecule has 3 rings (SSSR count). The number of aryl methyl sites for hydroxylation is 1. The summed E-state index contributed by atoms with van der Waals surface area (Å²) in [7, 11) is 0. The van der Waals surface area contributed by atoms with Crippen molar-refractivity contribution >= 4 is 11.9 Å². The molecule has 150 valence electrons. The van der Waals surface area contributed by atoms with Gasteiger partial charge in [-0.3, -0.25) is 4.79 Å². The molecule has 0 saturated heterocycles. The second-order valence-corrected chi connectivity index (χ2v) is 7.69. The van der Waals surface area contributed by atoms with Crippen LogP contribution in [0.3, 0.4) is 0 Å². The van der Waals surface area contributed by atoms with Crippen LogP contribution in [0.15, 0.2) is 36.4 Å². The lowest BCUT2D eigenvalue weighted by molar-refractivity contribution is -0.129. The van der Waals surface area contributed by atoms with Gasteiger partial charge in [-0.1, -0.05) is 43.7 Å². The molecule has 0 spiro atoms. The number of amides is 1. The molecule has 1 amide bonds. The van der Waals surface area contributed by atoms with E-state index in [9.17, 15) is 9.59 Å². The molecule has 1 heterocycles. The molecule has 0 aliphatic heterocycles. The van der Waals surface area contributed by atoms with Crippen molar-refractivity contribution < 1.29 is 14.3 Å². The smallest absolute Gasteiger partial charge is 0.340 e. The number of esters is 1. The first-order chi connectivity index (χ1) is 13.4. The number of rotatable bonds is 8. The summed E-state index contributed by atoms with van der Waals surface area (Å²) in [5.41, 5.74) is 3.60. The average Bonchev–Trinajstić information content (AvgIpc) is 3.46. The van der Waals surface area contributed by atoms with Crippen LogP contribution in [0.5, 0.6) is 0 Å². The van der Waals surface area contributed by atoms with Gasteiger partial charge in [0.25, 0.3) is 5.91 Å². The Morgan fingerprint density at radius 1 is 1.21 bits per heavy atom. The minimum absolute atomic E-state index is 0.0835. The van der Waals surface area contributed by atoms with Crippen molar-refractivity contribution in [1.29, 1.82) is 0 Å². The first-order valence-electron chi connectivity index (χ1n) is 10.2. The summed E-state index contributed by atoms with van der Waals surface area (Å²) >= 11 is 0. The highest BCUT2D eigenvalue weighted by molar-refractivity contribution is 5.93. The number of benzene rings is 1. The fourth-order valence-corrected chi connectivity index (χ4v) is 3.74. The number of nitrogens with one attached hydrogen (secondary N) is 1. The predicted octanol–water partition coefficient (Wildman–Crippen LogP) is 4.64. The number of aromatic nitrogens is 1. The zero-order valence-corrected chi connectivity index (χ0v) is 17.2. The number of hydrogen-bond donors (Lipinski definition) is 1. The van der Waals surface area contributed by atoms with Crippen LogP contribution in [0.25, 0.3) is 0 Å². The lowest BCUT2D eigenvalue weighted by Crippen LogP contribution is -2.38. The van der Waals surface area contributed by atoms with Gasteiger partial charge in [-0.2, -0.15) is 0 Å². The molecule has 1 N–H and O–H groups in total. The molecule has 1 aromatic heterocycles. The van der Waals surface area contributed by atoms with Crippen molar-refractivity contribution in [3.05, 3.63) is 58.9 Å². The van der Waals surface area contributed by atoms with Crippen LogP contribution in [-0.4, -0.2) is 22.5 Å². The van der Waals surface area contributed by atoms with E-state index in [2.05, 4.69) is 16.8 Å². The highest BCUT2D eigenvalue weighted by Crippen LogP contribution is 2.38. The minimum atomic E-state index is -0.848. The molecule has 2 aromatic rings. The van der Waals surface area contributed by atoms with Gasteiger partial charge in [0.05, 0.1) is 11.6 Å². The monoisotopic (exact) mass is 382 g/mol. The molecular weight excluding hydrogens is 352 g/mol. The topological polar surface area (TPSA) is 60.3 Å². The molecule has 0 unspecified atom stereocenters. The Kier molecular flexibility index (Phi) is 6.22. The summed E-state index contributed by atoms with van der Waals surface area (Å²) in [6.45, 7) is 7.66. The Balaban J connectivity index is 1.65. The van der Waals surface area contributed by atoms with E-state index in [1.54, 1.807) is 6.92 Å². The van der Waals surface area contributed by atoms with E-state index in [-0.39, 0.29) is 11.9 Å². The number of carbonyl (C=O) groups is 2. The Hall–Kier alpha value is -2.56. The van der Waals surface area contributed by atoms with E-state index in [0.717, 1.165) is 42.6 Å². The molecule has 1 fully saturated rings. The summed E-state index contributed by atoms with van der Waals surface area (Å²) in [6, 6.07) is 12.2. The predicted molar refractivity (Wildman–Crippen MR) is 109 cm³/mol. The fraction of sp³-hybridized carbons (Fsp3) is 0.478. The number of hydrogen-bond acceptors (Lipinski definition) is 3. The third kappa shape index (κ3) is 4.46. The third-order valence-corrected chi connectivity index (χ3v) is 5.37. The van der Waals surface area contributed by atoms with Crippen molar-refractivity contribution in [2.45, 2.75) is 71.6 Å². The van der Waals surface area contributed by atoms with Gasteiger partial charge in [-0.15, -0.1) is 0 Å². The quantitative estimate of drug-likeness (QED) is 0.677. The Labute approximate surface area is 167 Å². The van der Waals surface area contributed by atoms with Gasteiger partial charge < -0.3 is 14.6 Å². The van der Waals surface area contributed by atoms with E-state index in [1.807, 2.05) is 50.2 Å². The second-order valence-electron chi connectivity index (χ2n) is 7.69. The molecule has 28 heavy (non-hydrogen) atoms. The molecule has 0 bridgehead atoms. The molecule has 5 heteroatoms. The van der Waals surface area contributed by atoms with Crippen molar-refractivity contribution in [2.24, 2.45) is 0 Å². The normalized spacial score (nSPS) is 15.7. The Bertz CT molecular complexity index is 837. The number of carbonyl (C=O) groups excluding carboxylic acids is 2. The van der Waals surface area contributed by atoms with Gasteiger partial charge in [0.1, 0.15) is 0 Å². The van der Waals surface area contributed by atoms with Gasteiger partial charge in [-0.05, 0) is 51.7 Å². The van der Waals surface area contributed by atoms with Crippen LogP contribution < -0.4 is 5.32 Å². The maximum Gasteiger partial charge on any atom is 0.340 e. The standard InChI is InChI=1S/C23H30N2O3/c1-5-9-21(18-10-7-6-8-11-18)24-22(26)17(4)28-23(27)20-14-15(2)25(16(20)3)19-12-13-19/h6-8,10-11,14,17,19,21H,5,9,12-13H2,1-4H3,(H,24,26)/t17-,21-/m0/s1. The molecule has 5 nitrogen and oxygen atoms in total. The van der Waals surface area contributed by atoms with E-state index in [1.165, 1.54) is 0 Å². The fourth-order valence-electron chi connectivity index (χ4n) is 3.74. The van der Waals surface area contributed by atoms with Crippen LogP contribution in [0.4, 0.5) is 0 Å². The number of ether oxygens (including phenoxy) is 1. The zero-order valence-electron chi connectivity index (χ0n) is 17.2. The van der Waals surface area contributed by atoms with Gasteiger partial charge in [0, 0.05) is 17.4 Å². The summed E-state index contributed by atoms with van der Waals surface area (Å²) in [4.78, 5) is 25.3. The molecule has 1 aliphatic rings. The van der Waals surface area contributed by atoms with Crippen LogP contribution in [0.1, 0.15) is 78.9 Å². The van der Waals surface area contributed by atoms with Crippen molar-refractivity contribution in [3.8, 4) is 0 Å².